The number of ether oxygens (including phenoxy) is 2. The van der Waals surface area contributed by atoms with Crippen molar-refractivity contribution in [3.63, 3.8) is 0 Å². The van der Waals surface area contributed by atoms with Gasteiger partial charge in [-0.15, -0.1) is 0 Å². The second kappa shape index (κ2) is 13.2. The van der Waals surface area contributed by atoms with E-state index in [-0.39, 0.29) is 11.9 Å². The molecule has 0 aliphatic heterocycles. The summed E-state index contributed by atoms with van der Waals surface area (Å²) in [7, 11) is 0. The van der Waals surface area contributed by atoms with Gasteiger partial charge in [0.1, 0.15) is 0 Å². The van der Waals surface area contributed by atoms with E-state index in [4.69, 9.17) is 9.47 Å². The molecule has 0 amide bonds. The van der Waals surface area contributed by atoms with E-state index in [2.05, 4.69) is 15.9 Å². The lowest BCUT2D eigenvalue weighted by Crippen LogP contribution is -2.04. The van der Waals surface area contributed by atoms with E-state index >= 15 is 0 Å². The quantitative estimate of drug-likeness (QED) is 0.436. The van der Waals surface area contributed by atoms with Crippen LogP contribution in [0, 0.1) is 11.8 Å². The van der Waals surface area contributed by atoms with Crippen LogP contribution in [-0.2, 0) is 19.1 Å². The summed E-state index contributed by atoms with van der Waals surface area (Å²) in [5.41, 5.74) is 0. The van der Waals surface area contributed by atoms with E-state index in [0.29, 0.717) is 29.5 Å². The van der Waals surface area contributed by atoms with Gasteiger partial charge in [0, 0.05) is 6.08 Å². The van der Waals surface area contributed by atoms with Gasteiger partial charge in [0.2, 0.25) is 0 Å². The lowest BCUT2D eigenvalue weighted by atomic mass is 10.1. The number of hydrogen-bond acceptors (Lipinski definition) is 4. The fourth-order valence-electron chi connectivity index (χ4n) is 3.15. The van der Waals surface area contributed by atoms with Crippen LogP contribution < -0.4 is 0 Å². The summed E-state index contributed by atoms with van der Waals surface area (Å²) in [6.45, 7) is 4.54. The molecule has 0 bridgehead atoms. The molecule has 0 aromatic carbocycles. The molecule has 2 fully saturated rings. The number of rotatable bonds is 6. The van der Waals surface area contributed by atoms with E-state index in [0.717, 1.165) is 0 Å². The van der Waals surface area contributed by atoms with Crippen molar-refractivity contribution in [2.45, 2.75) is 65.2 Å². The summed E-state index contributed by atoms with van der Waals surface area (Å²) in [6, 6.07) is 0. The van der Waals surface area contributed by atoms with Gasteiger partial charge in [-0.3, -0.25) is 0 Å². The van der Waals surface area contributed by atoms with Crippen LogP contribution in [0.1, 0.15) is 65.2 Å². The van der Waals surface area contributed by atoms with Crippen LogP contribution in [0.2, 0.25) is 0 Å². The van der Waals surface area contributed by atoms with Gasteiger partial charge in [0.15, 0.2) is 0 Å². The maximum Gasteiger partial charge on any atom is 0.344 e. The Balaban J connectivity index is 0.000000251. The van der Waals surface area contributed by atoms with E-state index < -0.39 is 0 Å². The van der Waals surface area contributed by atoms with Crippen molar-refractivity contribution in [1.29, 1.82) is 0 Å². The van der Waals surface area contributed by atoms with E-state index in [9.17, 15) is 9.59 Å². The summed E-state index contributed by atoms with van der Waals surface area (Å²) in [5.74, 6) is 0.743. The Hall–Kier alpha value is -1.10. The van der Waals surface area contributed by atoms with Crippen LogP contribution in [-0.4, -0.2) is 25.2 Å². The van der Waals surface area contributed by atoms with Crippen molar-refractivity contribution in [2.75, 3.05) is 13.2 Å². The second-order valence-corrected chi connectivity index (χ2v) is 7.29. The maximum absolute atomic E-state index is 11.2. The summed E-state index contributed by atoms with van der Waals surface area (Å²) in [5, 5.41) is 0. The zero-order chi connectivity index (χ0) is 18.5. The van der Waals surface area contributed by atoms with Gasteiger partial charge in [-0.25, -0.2) is 9.59 Å². The highest BCUT2D eigenvalue weighted by Crippen LogP contribution is 2.28. The van der Waals surface area contributed by atoms with Crippen molar-refractivity contribution < 1.29 is 19.1 Å². The first kappa shape index (κ1) is 21.9. The number of esters is 2. The Bertz CT molecular complexity index is 458. The standard InChI is InChI=1S/C10H15BrO2.C10H16O2/c1-2-13-10(12)9(11)7-8-5-3-4-6-8;1-2-12-10(11)8-7-9-5-3-4-6-9/h7-8H,2-6H2,1H3;7-9H,2-6H2,1H3/b9-7-;8-7+. The smallest absolute Gasteiger partial charge is 0.344 e. The molecule has 2 aliphatic rings. The highest BCUT2D eigenvalue weighted by molar-refractivity contribution is 9.12. The molecule has 0 spiro atoms. The molecule has 0 saturated heterocycles. The zero-order valence-electron chi connectivity index (χ0n) is 15.5. The van der Waals surface area contributed by atoms with Crippen molar-refractivity contribution >= 4 is 27.9 Å². The van der Waals surface area contributed by atoms with Crippen LogP contribution in [0.5, 0.6) is 0 Å². The second-order valence-electron chi connectivity index (χ2n) is 6.44. The van der Waals surface area contributed by atoms with Gasteiger partial charge in [-0.2, -0.15) is 0 Å². The normalized spacial score (nSPS) is 18.9. The molecule has 142 valence electrons. The number of carbonyl (C=O) groups is 2. The first-order chi connectivity index (χ1) is 12.1. The van der Waals surface area contributed by atoms with Crippen LogP contribution in [0.4, 0.5) is 0 Å². The number of carbonyl (C=O) groups excluding carboxylic acids is 2. The van der Waals surface area contributed by atoms with Crippen molar-refractivity contribution in [1.82, 2.24) is 0 Å². The largest absolute Gasteiger partial charge is 0.463 e. The lowest BCUT2D eigenvalue weighted by molar-refractivity contribution is -0.138. The van der Waals surface area contributed by atoms with E-state index in [1.165, 1.54) is 51.4 Å². The molecular formula is C20H31BrO4. The van der Waals surface area contributed by atoms with E-state index in [1.807, 2.05) is 26.0 Å². The van der Waals surface area contributed by atoms with Gasteiger partial charge in [-0.05, 0) is 67.3 Å². The van der Waals surface area contributed by atoms with Crippen molar-refractivity contribution in [3.05, 3.63) is 22.7 Å². The monoisotopic (exact) mass is 414 g/mol. The lowest BCUT2D eigenvalue weighted by Gasteiger charge is -2.03. The molecule has 0 radical (unpaired) electrons. The minimum Gasteiger partial charge on any atom is -0.463 e. The molecule has 0 unspecified atom stereocenters. The van der Waals surface area contributed by atoms with Crippen molar-refractivity contribution in [2.24, 2.45) is 11.8 Å². The fraction of sp³-hybridized carbons (Fsp3) is 0.700. The molecule has 0 heterocycles. The number of hydrogen-bond donors (Lipinski definition) is 0. The Morgan fingerprint density at radius 2 is 1.44 bits per heavy atom. The first-order valence-electron chi connectivity index (χ1n) is 9.46. The molecule has 2 rings (SSSR count). The average Bonchev–Trinajstić information content (AvgIpc) is 3.28. The maximum atomic E-state index is 11.2. The highest BCUT2D eigenvalue weighted by atomic mass is 79.9. The number of allylic oxidation sites excluding steroid dienone is 2. The van der Waals surface area contributed by atoms with Crippen LogP contribution in [0.25, 0.3) is 0 Å². The van der Waals surface area contributed by atoms with Gasteiger partial charge in [0.05, 0.1) is 17.7 Å². The third-order valence-electron chi connectivity index (χ3n) is 4.44. The third-order valence-corrected chi connectivity index (χ3v) is 5.03. The topological polar surface area (TPSA) is 52.6 Å². The summed E-state index contributed by atoms with van der Waals surface area (Å²) >= 11 is 3.24. The van der Waals surface area contributed by atoms with Gasteiger partial charge in [-0.1, -0.05) is 37.8 Å². The molecule has 5 heteroatoms. The highest BCUT2D eigenvalue weighted by Gasteiger charge is 2.15. The number of halogens is 1. The predicted octanol–water partition coefficient (Wildman–Crippen LogP) is 5.31. The molecule has 0 aromatic rings. The molecule has 4 nitrogen and oxygen atoms in total. The third kappa shape index (κ3) is 9.83. The van der Waals surface area contributed by atoms with Crippen molar-refractivity contribution in [3.8, 4) is 0 Å². The SMILES string of the molecule is CCOC(=O)/C(Br)=C/C1CCCC1.CCOC(=O)/C=C/C1CCCC1. The first-order valence-corrected chi connectivity index (χ1v) is 10.3. The molecule has 2 aliphatic carbocycles. The minimum atomic E-state index is -0.241. The average molecular weight is 415 g/mol. The summed E-state index contributed by atoms with van der Waals surface area (Å²) < 4.78 is 10.2. The molecule has 0 atom stereocenters. The Kier molecular flexibility index (Phi) is 11.5. The fourth-order valence-corrected chi connectivity index (χ4v) is 3.64. The van der Waals surface area contributed by atoms with Crippen LogP contribution >= 0.6 is 15.9 Å². The minimum absolute atomic E-state index is 0.204. The molecule has 25 heavy (non-hydrogen) atoms. The Morgan fingerprint density at radius 1 is 0.920 bits per heavy atom. The van der Waals surface area contributed by atoms with E-state index in [1.54, 1.807) is 6.08 Å². The van der Waals surface area contributed by atoms with Gasteiger partial charge in [0.25, 0.3) is 0 Å². The summed E-state index contributed by atoms with van der Waals surface area (Å²) in [6.07, 6.45) is 15.6. The molecule has 2 saturated carbocycles. The Labute approximate surface area is 160 Å². The Morgan fingerprint density at radius 3 is 1.96 bits per heavy atom. The van der Waals surface area contributed by atoms with Gasteiger partial charge >= 0.3 is 11.9 Å². The molecule has 0 aromatic heterocycles. The van der Waals surface area contributed by atoms with Gasteiger partial charge < -0.3 is 9.47 Å². The molecule has 0 N–H and O–H groups in total. The van der Waals surface area contributed by atoms with Crippen LogP contribution in [0.15, 0.2) is 22.7 Å². The zero-order valence-corrected chi connectivity index (χ0v) is 17.1. The summed E-state index contributed by atoms with van der Waals surface area (Å²) in [4.78, 5) is 22.1. The molecular weight excluding hydrogens is 384 g/mol. The van der Waals surface area contributed by atoms with Crippen LogP contribution in [0.3, 0.4) is 0 Å². The predicted molar refractivity (Wildman–Crippen MR) is 103 cm³/mol.